The Morgan fingerprint density at radius 2 is 1.86 bits per heavy atom. The highest BCUT2D eigenvalue weighted by atomic mass is 35.5. The Bertz CT molecular complexity index is 617. The fraction of sp³-hybridized carbons (Fsp3) is 0.188. The molecule has 2 aromatic carbocycles. The van der Waals surface area contributed by atoms with Crippen LogP contribution in [0.2, 0.25) is 5.02 Å². The van der Waals surface area contributed by atoms with Crippen molar-refractivity contribution in [3.05, 3.63) is 59.1 Å². The van der Waals surface area contributed by atoms with E-state index in [-0.39, 0.29) is 12.8 Å². The van der Waals surface area contributed by atoms with Gasteiger partial charge in [0.15, 0.2) is 6.73 Å². The summed E-state index contributed by atoms with van der Waals surface area (Å²) in [5.74, 6) is 1.39. The van der Waals surface area contributed by atoms with Crippen LogP contribution in [-0.2, 0) is 6.54 Å². The third kappa shape index (κ3) is 5.18. The first-order valence-corrected chi connectivity index (χ1v) is 7.08. The van der Waals surface area contributed by atoms with Gasteiger partial charge in [0.1, 0.15) is 11.5 Å². The maximum absolute atomic E-state index is 11.7. The molecule has 0 aliphatic carbocycles. The van der Waals surface area contributed by atoms with Gasteiger partial charge in [-0.2, -0.15) is 0 Å². The highest BCUT2D eigenvalue weighted by Crippen LogP contribution is 2.15. The number of rotatable bonds is 6. The Hall–Kier alpha value is -2.40. The fourth-order valence-electron chi connectivity index (χ4n) is 1.74. The van der Waals surface area contributed by atoms with E-state index in [4.69, 9.17) is 21.1 Å². The van der Waals surface area contributed by atoms with Gasteiger partial charge in [-0.1, -0.05) is 23.7 Å². The van der Waals surface area contributed by atoms with Crippen molar-refractivity contribution in [2.75, 3.05) is 13.8 Å². The van der Waals surface area contributed by atoms with Gasteiger partial charge < -0.3 is 20.1 Å². The number of halogens is 1. The average molecular weight is 321 g/mol. The predicted octanol–water partition coefficient (Wildman–Crippen LogP) is 3.18. The van der Waals surface area contributed by atoms with E-state index >= 15 is 0 Å². The molecule has 6 heteroatoms. The zero-order chi connectivity index (χ0) is 15.8. The second-order valence-corrected chi connectivity index (χ2v) is 4.89. The molecule has 0 atom stereocenters. The first kappa shape index (κ1) is 16.0. The fourth-order valence-corrected chi connectivity index (χ4v) is 1.87. The number of hydrogen-bond acceptors (Lipinski definition) is 3. The maximum atomic E-state index is 11.7. The number of ether oxygens (including phenoxy) is 2. The number of carbonyl (C=O) groups is 1. The van der Waals surface area contributed by atoms with Crippen LogP contribution in [0.15, 0.2) is 48.5 Å². The summed E-state index contributed by atoms with van der Waals surface area (Å²) in [6, 6.07) is 14.1. The van der Waals surface area contributed by atoms with E-state index in [2.05, 4.69) is 10.6 Å². The molecule has 116 valence electrons. The Labute approximate surface area is 134 Å². The summed E-state index contributed by atoms with van der Waals surface area (Å²) < 4.78 is 10.5. The monoisotopic (exact) mass is 320 g/mol. The van der Waals surface area contributed by atoms with E-state index in [9.17, 15) is 4.79 Å². The van der Waals surface area contributed by atoms with Crippen molar-refractivity contribution >= 4 is 17.6 Å². The standard InChI is InChI=1S/C16H17ClN2O3/c1-21-15-4-2-3-12(9-15)10-18-16(20)19-11-22-14-7-5-13(17)6-8-14/h2-9H,10-11H2,1H3,(H2,18,19,20). The summed E-state index contributed by atoms with van der Waals surface area (Å²) in [5, 5.41) is 5.98. The van der Waals surface area contributed by atoms with Crippen molar-refractivity contribution in [3.8, 4) is 11.5 Å². The molecule has 0 spiro atoms. The van der Waals surface area contributed by atoms with Crippen LogP contribution in [-0.4, -0.2) is 19.9 Å². The Morgan fingerprint density at radius 3 is 2.59 bits per heavy atom. The van der Waals surface area contributed by atoms with Crippen LogP contribution in [0.3, 0.4) is 0 Å². The van der Waals surface area contributed by atoms with Crippen LogP contribution in [0.1, 0.15) is 5.56 Å². The third-order valence-corrected chi connectivity index (χ3v) is 3.12. The Kier molecular flexibility index (Phi) is 5.91. The molecule has 0 saturated carbocycles. The van der Waals surface area contributed by atoms with E-state index in [0.29, 0.717) is 17.3 Å². The van der Waals surface area contributed by atoms with Crippen molar-refractivity contribution in [1.29, 1.82) is 0 Å². The van der Waals surface area contributed by atoms with Crippen LogP contribution >= 0.6 is 11.6 Å². The highest BCUT2D eigenvalue weighted by Gasteiger charge is 2.01. The number of amides is 2. The molecule has 2 amide bonds. The van der Waals surface area contributed by atoms with E-state index < -0.39 is 0 Å². The molecular formula is C16H17ClN2O3. The minimum absolute atomic E-state index is 0.0750. The zero-order valence-electron chi connectivity index (χ0n) is 12.1. The largest absolute Gasteiger partial charge is 0.497 e. The molecule has 0 radical (unpaired) electrons. The first-order valence-electron chi connectivity index (χ1n) is 6.70. The minimum atomic E-state index is -0.309. The van der Waals surface area contributed by atoms with Gasteiger partial charge in [0.25, 0.3) is 0 Å². The topological polar surface area (TPSA) is 59.6 Å². The molecule has 0 saturated heterocycles. The highest BCUT2D eigenvalue weighted by molar-refractivity contribution is 6.30. The summed E-state index contributed by atoms with van der Waals surface area (Å²) in [6.07, 6.45) is 0. The van der Waals surface area contributed by atoms with Gasteiger partial charge >= 0.3 is 6.03 Å². The summed E-state index contributed by atoms with van der Waals surface area (Å²) in [5.41, 5.74) is 0.952. The lowest BCUT2D eigenvalue weighted by atomic mass is 10.2. The molecule has 2 aromatic rings. The second kappa shape index (κ2) is 8.14. The number of urea groups is 1. The summed E-state index contributed by atoms with van der Waals surface area (Å²) >= 11 is 5.77. The van der Waals surface area contributed by atoms with Crippen molar-refractivity contribution in [2.45, 2.75) is 6.54 Å². The average Bonchev–Trinajstić information content (AvgIpc) is 2.55. The summed E-state index contributed by atoms with van der Waals surface area (Å²) in [4.78, 5) is 11.7. The molecule has 0 aliphatic heterocycles. The summed E-state index contributed by atoms with van der Waals surface area (Å²) in [7, 11) is 1.60. The number of carbonyl (C=O) groups excluding carboxylic acids is 1. The number of methoxy groups -OCH3 is 1. The Morgan fingerprint density at radius 1 is 1.09 bits per heavy atom. The molecule has 0 unspecified atom stereocenters. The van der Waals surface area contributed by atoms with Crippen LogP contribution < -0.4 is 20.1 Å². The van der Waals surface area contributed by atoms with E-state index in [1.165, 1.54) is 0 Å². The van der Waals surface area contributed by atoms with Crippen molar-refractivity contribution in [1.82, 2.24) is 10.6 Å². The third-order valence-electron chi connectivity index (χ3n) is 2.87. The molecule has 0 aliphatic rings. The lowest BCUT2D eigenvalue weighted by molar-refractivity contribution is 0.223. The van der Waals surface area contributed by atoms with Crippen molar-refractivity contribution in [3.63, 3.8) is 0 Å². The SMILES string of the molecule is COc1cccc(CNC(=O)NCOc2ccc(Cl)cc2)c1. The molecule has 22 heavy (non-hydrogen) atoms. The molecular weight excluding hydrogens is 304 g/mol. The first-order chi connectivity index (χ1) is 10.7. The van der Waals surface area contributed by atoms with E-state index in [1.807, 2.05) is 24.3 Å². The number of hydrogen-bond donors (Lipinski definition) is 2. The minimum Gasteiger partial charge on any atom is -0.497 e. The van der Waals surface area contributed by atoms with Gasteiger partial charge in [-0.25, -0.2) is 4.79 Å². The smallest absolute Gasteiger partial charge is 0.317 e. The zero-order valence-corrected chi connectivity index (χ0v) is 12.9. The van der Waals surface area contributed by atoms with Crippen molar-refractivity contribution in [2.24, 2.45) is 0 Å². The number of benzene rings is 2. The second-order valence-electron chi connectivity index (χ2n) is 4.45. The van der Waals surface area contributed by atoms with Gasteiger partial charge in [-0.05, 0) is 42.0 Å². The summed E-state index contributed by atoms with van der Waals surface area (Å²) in [6.45, 7) is 0.482. The molecule has 0 heterocycles. The molecule has 0 fully saturated rings. The lowest BCUT2D eigenvalue weighted by Crippen LogP contribution is -2.37. The van der Waals surface area contributed by atoms with Gasteiger partial charge in [0.2, 0.25) is 0 Å². The van der Waals surface area contributed by atoms with E-state index in [0.717, 1.165) is 11.3 Å². The predicted molar refractivity (Wildman–Crippen MR) is 85.3 cm³/mol. The van der Waals surface area contributed by atoms with E-state index in [1.54, 1.807) is 31.4 Å². The molecule has 0 bridgehead atoms. The molecule has 5 nitrogen and oxygen atoms in total. The maximum Gasteiger partial charge on any atom is 0.317 e. The van der Waals surface area contributed by atoms with Crippen molar-refractivity contribution < 1.29 is 14.3 Å². The lowest BCUT2D eigenvalue weighted by Gasteiger charge is -2.10. The van der Waals surface area contributed by atoms with Gasteiger partial charge in [0.05, 0.1) is 7.11 Å². The Balaban J connectivity index is 1.70. The van der Waals surface area contributed by atoms with Gasteiger partial charge in [-0.15, -0.1) is 0 Å². The number of nitrogens with one attached hydrogen (secondary N) is 2. The molecule has 0 aromatic heterocycles. The van der Waals surface area contributed by atoms with Gasteiger partial charge in [-0.3, -0.25) is 0 Å². The van der Waals surface area contributed by atoms with Gasteiger partial charge in [0, 0.05) is 11.6 Å². The van der Waals surface area contributed by atoms with Crippen LogP contribution in [0.5, 0.6) is 11.5 Å². The molecule has 2 N–H and O–H groups in total. The quantitative estimate of drug-likeness (QED) is 0.804. The van der Waals surface area contributed by atoms with Crippen LogP contribution in [0, 0.1) is 0 Å². The molecule has 2 rings (SSSR count). The van der Waals surface area contributed by atoms with Crippen LogP contribution in [0.25, 0.3) is 0 Å². The van der Waals surface area contributed by atoms with Crippen LogP contribution in [0.4, 0.5) is 4.79 Å². The normalized spacial score (nSPS) is 9.91.